The third-order valence-electron chi connectivity index (χ3n) is 6.23. The zero-order valence-corrected chi connectivity index (χ0v) is 21.3. The van der Waals surface area contributed by atoms with Crippen molar-refractivity contribution in [3.8, 4) is 0 Å². The fourth-order valence-corrected chi connectivity index (χ4v) is 5.06. The largest absolute Gasteiger partial charge is 0.481 e. The summed E-state index contributed by atoms with van der Waals surface area (Å²) in [6.45, 7) is 2.01. The molecule has 0 saturated heterocycles. The van der Waals surface area contributed by atoms with E-state index in [9.17, 15) is 27.9 Å². The van der Waals surface area contributed by atoms with Crippen LogP contribution in [0.15, 0.2) is 24.5 Å². The Balaban J connectivity index is 1.89. The number of rotatable bonds is 11. The lowest BCUT2D eigenvalue weighted by Gasteiger charge is -2.16. The lowest BCUT2D eigenvalue weighted by Crippen LogP contribution is -2.18. The zero-order valence-electron chi connectivity index (χ0n) is 19.8. The maximum Gasteiger partial charge on any atom is 0.416 e. The van der Waals surface area contributed by atoms with Crippen molar-refractivity contribution in [2.24, 2.45) is 13.0 Å². The Bertz CT molecular complexity index is 1280. The van der Waals surface area contributed by atoms with E-state index in [1.807, 2.05) is 0 Å². The number of fused-ring (bicyclic) bond motifs is 1. The molecule has 0 bridgehead atoms. The Morgan fingerprint density at radius 1 is 1.28 bits per heavy atom. The minimum Gasteiger partial charge on any atom is -0.481 e. The molecule has 36 heavy (non-hydrogen) atoms. The molecule has 11 heteroatoms. The van der Waals surface area contributed by atoms with Crippen LogP contribution in [0.25, 0.3) is 10.9 Å². The molecule has 2 N–H and O–H groups in total. The maximum absolute atomic E-state index is 13.3. The van der Waals surface area contributed by atoms with Crippen molar-refractivity contribution >= 4 is 46.5 Å². The highest BCUT2D eigenvalue weighted by molar-refractivity contribution is 6.36. The Morgan fingerprint density at radius 2 is 2.00 bits per heavy atom. The van der Waals surface area contributed by atoms with Crippen LogP contribution in [0.2, 0.25) is 10.0 Å². The number of hydrogen-bond acceptors (Lipinski definition) is 3. The second-order valence-corrected chi connectivity index (χ2v) is 9.62. The molecule has 0 fully saturated rings. The van der Waals surface area contributed by atoms with Gasteiger partial charge < -0.3 is 15.0 Å². The number of carbonyl (C=O) groups is 2. The van der Waals surface area contributed by atoms with Crippen LogP contribution in [-0.4, -0.2) is 33.6 Å². The number of nitrogens with zero attached hydrogens (tertiary/aromatic N) is 2. The number of alkyl halides is 3. The number of carboxylic acid groups (broad SMARTS) is 1. The molecule has 0 aliphatic rings. The number of benzene rings is 1. The van der Waals surface area contributed by atoms with Crippen molar-refractivity contribution in [2.45, 2.75) is 45.2 Å². The Kier molecular flexibility index (Phi) is 8.89. The van der Waals surface area contributed by atoms with Crippen LogP contribution in [0.3, 0.4) is 0 Å². The number of aliphatic carboxylic acids is 1. The van der Waals surface area contributed by atoms with Gasteiger partial charge in [-0.2, -0.15) is 13.2 Å². The molecule has 194 valence electrons. The highest BCUT2D eigenvalue weighted by atomic mass is 35.5. The van der Waals surface area contributed by atoms with Crippen LogP contribution < -0.4 is 5.32 Å². The molecule has 0 aliphatic carbocycles. The highest BCUT2D eigenvalue weighted by Gasteiger charge is 2.32. The summed E-state index contributed by atoms with van der Waals surface area (Å²) < 4.78 is 41.6. The average molecular weight is 544 g/mol. The summed E-state index contributed by atoms with van der Waals surface area (Å²) in [5, 5.41) is 13.1. The van der Waals surface area contributed by atoms with Crippen molar-refractivity contribution in [2.75, 3.05) is 6.54 Å². The van der Waals surface area contributed by atoms with Gasteiger partial charge in [0.15, 0.2) is 0 Å². The first-order valence-corrected chi connectivity index (χ1v) is 12.0. The smallest absolute Gasteiger partial charge is 0.416 e. The number of pyridine rings is 1. The first kappa shape index (κ1) is 27.8. The molecule has 0 aliphatic heterocycles. The van der Waals surface area contributed by atoms with E-state index in [2.05, 4.69) is 10.3 Å². The van der Waals surface area contributed by atoms with Crippen molar-refractivity contribution < 1.29 is 27.9 Å². The minimum atomic E-state index is -4.45. The van der Waals surface area contributed by atoms with Gasteiger partial charge in [0.2, 0.25) is 6.41 Å². The Labute approximate surface area is 216 Å². The molecule has 3 aromatic rings. The van der Waals surface area contributed by atoms with Gasteiger partial charge in [0, 0.05) is 49.7 Å². The number of carbonyl (C=O) groups excluding carboxylic acids is 1. The number of halogens is 5. The first-order valence-electron chi connectivity index (χ1n) is 11.3. The van der Waals surface area contributed by atoms with Gasteiger partial charge in [0.25, 0.3) is 0 Å². The molecule has 2 aromatic heterocycles. The van der Waals surface area contributed by atoms with Crippen molar-refractivity contribution in [1.29, 1.82) is 0 Å². The summed E-state index contributed by atoms with van der Waals surface area (Å²) in [5.41, 5.74) is 2.19. The molecule has 1 atom stereocenters. The Hall–Kier alpha value is -2.78. The summed E-state index contributed by atoms with van der Waals surface area (Å²) in [6.07, 6.45) is 1.02. The van der Waals surface area contributed by atoms with Gasteiger partial charge in [0.05, 0.1) is 21.3 Å². The van der Waals surface area contributed by atoms with E-state index in [1.165, 1.54) is 6.20 Å². The van der Waals surface area contributed by atoms with Crippen LogP contribution in [0.4, 0.5) is 13.2 Å². The standard InChI is InChI=1S/C25H26Cl2F3N3O3/c1-14-7-17(25(28,29)30)10-21-23(14)16(12-33(21)2)9-18-19(26)11-32-20(24(18)27)4-3-15(8-22(35)36)5-6-31-13-34/h7,10-13,15H,3-6,8-9H2,1-2H3,(H,31,34)(H,35,36). The number of amides is 1. The van der Waals surface area contributed by atoms with Crippen molar-refractivity contribution in [3.05, 3.63) is 62.5 Å². The predicted molar refractivity (Wildman–Crippen MR) is 132 cm³/mol. The normalized spacial score (nSPS) is 12.6. The van der Waals surface area contributed by atoms with Crippen molar-refractivity contribution in [3.63, 3.8) is 0 Å². The average Bonchev–Trinajstić information content (AvgIpc) is 3.10. The molecule has 1 unspecified atom stereocenters. The number of aryl methyl sites for hydroxylation is 3. The quantitative estimate of drug-likeness (QED) is 0.231. The fraction of sp³-hybridized carbons (Fsp3) is 0.400. The number of nitrogens with one attached hydrogen (secondary N) is 1. The number of aromatic nitrogens is 2. The van der Waals surface area contributed by atoms with Gasteiger partial charge in [-0.3, -0.25) is 14.6 Å². The number of carboxylic acids is 1. The fourth-order valence-electron chi connectivity index (χ4n) is 4.49. The molecule has 0 saturated carbocycles. The van der Waals surface area contributed by atoms with Crippen LogP contribution in [-0.2, 0) is 35.7 Å². The lowest BCUT2D eigenvalue weighted by atomic mass is 9.94. The molecule has 6 nitrogen and oxygen atoms in total. The SMILES string of the molecule is Cc1cc(C(F)(F)F)cc2c1c(Cc1c(Cl)cnc(CCC(CCNC=O)CC(=O)O)c1Cl)cn2C. The van der Waals surface area contributed by atoms with E-state index < -0.39 is 17.7 Å². The molecule has 3 rings (SSSR count). The third-order valence-corrected chi connectivity index (χ3v) is 7.01. The topological polar surface area (TPSA) is 84.2 Å². The first-order chi connectivity index (χ1) is 16.9. The van der Waals surface area contributed by atoms with Crippen molar-refractivity contribution in [1.82, 2.24) is 14.9 Å². The molecular weight excluding hydrogens is 518 g/mol. The van der Waals surface area contributed by atoms with Gasteiger partial charge in [0.1, 0.15) is 0 Å². The van der Waals surface area contributed by atoms with E-state index in [-0.39, 0.29) is 12.3 Å². The van der Waals surface area contributed by atoms with Gasteiger partial charge in [-0.05, 0) is 60.9 Å². The summed E-state index contributed by atoms with van der Waals surface area (Å²) in [5.74, 6) is -1.11. The van der Waals surface area contributed by atoms with E-state index in [4.69, 9.17) is 23.2 Å². The second-order valence-electron chi connectivity index (χ2n) is 8.84. The molecule has 2 heterocycles. The monoisotopic (exact) mass is 543 g/mol. The Morgan fingerprint density at radius 3 is 2.64 bits per heavy atom. The molecule has 0 radical (unpaired) electrons. The van der Waals surface area contributed by atoms with Gasteiger partial charge in [-0.25, -0.2) is 0 Å². The third kappa shape index (κ3) is 6.50. The second kappa shape index (κ2) is 11.5. The molecule has 1 amide bonds. The molecule has 1 aromatic carbocycles. The molecular formula is C25H26Cl2F3N3O3. The molecule has 0 spiro atoms. The summed E-state index contributed by atoms with van der Waals surface area (Å²) >= 11 is 13.1. The van der Waals surface area contributed by atoms with Crippen LogP contribution >= 0.6 is 23.2 Å². The van der Waals surface area contributed by atoms with Gasteiger partial charge in [-0.1, -0.05) is 23.2 Å². The van der Waals surface area contributed by atoms with Gasteiger partial charge in [-0.15, -0.1) is 0 Å². The zero-order chi connectivity index (χ0) is 26.6. The van der Waals surface area contributed by atoms with Crippen LogP contribution in [0, 0.1) is 12.8 Å². The number of hydrogen-bond donors (Lipinski definition) is 2. The highest BCUT2D eigenvalue weighted by Crippen LogP contribution is 2.37. The maximum atomic E-state index is 13.3. The minimum absolute atomic E-state index is 0.0478. The van der Waals surface area contributed by atoms with E-state index in [1.54, 1.807) is 24.7 Å². The van der Waals surface area contributed by atoms with E-state index in [0.717, 1.165) is 17.7 Å². The van der Waals surface area contributed by atoms with Crippen LogP contribution in [0.1, 0.15) is 47.2 Å². The predicted octanol–water partition coefficient (Wildman–Crippen LogP) is 5.96. The van der Waals surface area contributed by atoms with E-state index >= 15 is 0 Å². The summed E-state index contributed by atoms with van der Waals surface area (Å²) in [7, 11) is 1.69. The van der Waals surface area contributed by atoms with Gasteiger partial charge >= 0.3 is 12.1 Å². The van der Waals surface area contributed by atoms with E-state index in [0.29, 0.717) is 76.4 Å². The lowest BCUT2D eigenvalue weighted by molar-refractivity contribution is -0.138. The summed E-state index contributed by atoms with van der Waals surface area (Å²) in [6, 6.07) is 2.27. The van der Waals surface area contributed by atoms with Crippen LogP contribution in [0.5, 0.6) is 0 Å². The summed E-state index contributed by atoms with van der Waals surface area (Å²) in [4.78, 5) is 26.1.